The number of carbonyl (C=O) groups excluding carboxylic acids is 3. The Morgan fingerprint density at radius 3 is 1.06 bits per heavy atom. The van der Waals surface area contributed by atoms with E-state index in [1.807, 2.05) is 90.1 Å². The van der Waals surface area contributed by atoms with Crippen LogP contribution in [0.2, 0.25) is 0 Å². The van der Waals surface area contributed by atoms with Gasteiger partial charge >= 0.3 is 0 Å². The molecule has 3 unspecified atom stereocenters. The maximum absolute atomic E-state index is 11.6. The molecule has 2 aromatic heterocycles. The summed E-state index contributed by atoms with van der Waals surface area (Å²) < 4.78 is 67.6. The maximum atomic E-state index is 11.6. The van der Waals surface area contributed by atoms with E-state index < -0.39 is 17.4 Å². The highest BCUT2D eigenvalue weighted by Gasteiger charge is 2.37. The van der Waals surface area contributed by atoms with Gasteiger partial charge in [0.2, 0.25) is 11.8 Å². The minimum absolute atomic E-state index is 0.0909. The molecular formula is C110H154BrN11O14. The third-order valence-corrected chi connectivity index (χ3v) is 28.1. The summed E-state index contributed by atoms with van der Waals surface area (Å²) in [5, 5.41) is 8.98. The van der Waals surface area contributed by atoms with E-state index in [0.717, 1.165) is 204 Å². The van der Waals surface area contributed by atoms with E-state index in [0.29, 0.717) is 49.5 Å². The van der Waals surface area contributed by atoms with Gasteiger partial charge in [-0.15, -0.1) is 0 Å². The third-order valence-electron chi connectivity index (χ3n) is 27.6. The SMILES string of the molecule is C1CCNCC1.COc1ccc(Br)cc1CC1COC(C)(C)O1.COc1ccc(N2CCCCC2)cc1CC1COC(C)(C)O1.COc1ccc(N2CCCCC2)cc1CC1COC(C)(C)O1.COc1ccc(N2CCCCC2)cc1CC=O.COc1ccc(N2CCCCC2)cc1CCN1CCC(n2ccc3ccc(C(N)=O)cc32)CC1.NC(=O)c1ccc2ccn(C3CCNCC3)c2c1. The Morgan fingerprint density at radius 1 is 0.390 bits per heavy atom. The molecule has 10 fully saturated rings. The number of hydrogen-bond acceptors (Lipinski definition) is 21. The van der Waals surface area contributed by atoms with Crippen LogP contribution in [0.1, 0.15) is 224 Å². The highest BCUT2D eigenvalue weighted by molar-refractivity contribution is 9.10. The minimum atomic E-state index is -0.470. The number of methoxy groups -OCH3 is 5. The lowest BCUT2D eigenvalue weighted by Crippen LogP contribution is -2.36. The van der Waals surface area contributed by atoms with Crippen molar-refractivity contribution in [3.05, 3.63) is 195 Å². The van der Waals surface area contributed by atoms with Crippen LogP contribution in [0, 0.1) is 0 Å². The summed E-state index contributed by atoms with van der Waals surface area (Å²) in [5.74, 6) is 2.43. The number of amides is 2. The van der Waals surface area contributed by atoms with Crippen molar-refractivity contribution in [1.29, 1.82) is 0 Å². The van der Waals surface area contributed by atoms with Crippen LogP contribution < -0.4 is 65.4 Å². The molecule has 136 heavy (non-hydrogen) atoms. The van der Waals surface area contributed by atoms with E-state index in [9.17, 15) is 14.4 Å². The number of halogens is 1. The quantitative estimate of drug-likeness (QED) is 0.0410. The molecule has 0 radical (unpaired) electrons. The molecule has 6 N–H and O–H groups in total. The fourth-order valence-electron chi connectivity index (χ4n) is 20.3. The first-order valence-electron chi connectivity index (χ1n) is 50.2. The Kier molecular flexibility index (Phi) is 39.3. The zero-order valence-electron chi connectivity index (χ0n) is 83.0. The van der Waals surface area contributed by atoms with E-state index in [2.05, 4.69) is 158 Å². The Labute approximate surface area is 816 Å². The van der Waals surface area contributed by atoms with Gasteiger partial charge in [-0.3, -0.25) is 9.59 Å². The first-order chi connectivity index (χ1) is 65.9. The Bertz CT molecular complexity index is 5120. The summed E-state index contributed by atoms with van der Waals surface area (Å²) in [4.78, 5) is 46.0. The molecule has 740 valence electrons. The number of primary amides is 2. The van der Waals surface area contributed by atoms with Gasteiger partial charge in [-0.05, 0) is 350 Å². The van der Waals surface area contributed by atoms with Crippen LogP contribution in [0.5, 0.6) is 28.7 Å². The smallest absolute Gasteiger partial charge is 0.248 e. The zero-order valence-corrected chi connectivity index (χ0v) is 84.6. The topological polar surface area (TPSA) is 255 Å². The van der Waals surface area contributed by atoms with Gasteiger partial charge in [0.1, 0.15) is 35.0 Å². The van der Waals surface area contributed by atoms with Gasteiger partial charge in [0, 0.05) is 177 Å². The van der Waals surface area contributed by atoms with Crippen LogP contribution >= 0.6 is 15.9 Å². The summed E-state index contributed by atoms with van der Waals surface area (Å²) in [6, 6.07) is 48.5. The number of aldehydes is 1. The van der Waals surface area contributed by atoms with E-state index in [-0.39, 0.29) is 30.1 Å². The number of nitrogens with one attached hydrogen (secondary N) is 2. The molecule has 0 spiro atoms. The molecule has 12 heterocycles. The zero-order chi connectivity index (χ0) is 96.0. The van der Waals surface area contributed by atoms with Crippen molar-refractivity contribution < 1.29 is 66.5 Å². The predicted molar refractivity (Wildman–Crippen MR) is 550 cm³/mol. The standard InChI is InChI=1S/C28H36N4O2.2C18H27NO3.C14H17N3O.C14H19NO2.C13H17BrO3.C5H11N/c1-34-27-8-7-25(31-13-3-2-4-14-31)19-22(27)9-15-30-16-11-24(12-17-30)32-18-10-21-5-6-23(28(29)33)20-26(21)32;2*1-18(2)21-13-16(22-18)12-14-11-15(7-8-17(14)20-3)19-9-5-4-6-10-19;15-14(18)11-2-1-10-5-8-17(13(10)9-11)12-3-6-16-7-4-12;1-17-14-6-5-13(11-12(14)7-10-16)15-8-3-2-4-9-15;1-13(2)16-8-11(17-13)7-9-6-10(14)4-5-12(9)15-3;1-2-4-6-5-3-1/h5-8,10,18-20,24H,2-4,9,11-17H2,1H3,(H2,29,33);2*7-8,11,16H,4-6,9-10,12-13H2,1-3H3;1-2,5,8-9,12,16H,3-4,6-7H2,(H2,15,18);5-6,10-11H,2-4,7-9H2,1H3;4-6,11H,7-8H2,1-3H3;6H,1-5H2. The van der Waals surface area contributed by atoms with Crippen molar-refractivity contribution in [3.8, 4) is 28.7 Å². The van der Waals surface area contributed by atoms with E-state index in [4.69, 9.17) is 63.6 Å². The average Bonchev–Trinajstić information content (AvgIpc) is 1.65. The molecule has 26 heteroatoms. The summed E-state index contributed by atoms with van der Waals surface area (Å²) in [6.07, 6.45) is 33.7. The van der Waals surface area contributed by atoms with Crippen molar-refractivity contribution in [2.75, 3.05) is 173 Å². The van der Waals surface area contributed by atoms with Gasteiger partial charge in [-0.1, -0.05) is 34.5 Å². The van der Waals surface area contributed by atoms with E-state index >= 15 is 0 Å². The second-order valence-corrected chi connectivity index (χ2v) is 39.7. The lowest BCUT2D eigenvalue weighted by Gasteiger charge is -2.33. The molecule has 9 aromatic rings. The van der Waals surface area contributed by atoms with Crippen LogP contribution in [0.3, 0.4) is 0 Å². The van der Waals surface area contributed by atoms with Crippen molar-refractivity contribution in [2.24, 2.45) is 11.5 Å². The van der Waals surface area contributed by atoms with Gasteiger partial charge < -0.3 is 113 Å². The number of hydrogen-bond donors (Lipinski definition) is 4. The number of piperidine rings is 7. The van der Waals surface area contributed by atoms with Crippen LogP contribution in [0.4, 0.5) is 22.7 Å². The molecule has 25 nitrogen and oxygen atoms in total. The molecule has 0 bridgehead atoms. The molecule has 2 amide bonds. The summed E-state index contributed by atoms with van der Waals surface area (Å²) >= 11 is 3.47. The fourth-order valence-corrected chi connectivity index (χ4v) is 20.7. The highest BCUT2D eigenvalue weighted by atomic mass is 79.9. The molecule has 0 saturated carbocycles. The second-order valence-electron chi connectivity index (χ2n) is 38.8. The monoisotopic (exact) mass is 1930 g/mol. The number of nitrogens with two attached hydrogens (primary N) is 2. The third kappa shape index (κ3) is 30.3. The van der Waals surface area contributed by atoms with Crippen molar-refractivity contribution in [2.45, 2.75) is 243 Å². The normalized spacial score (nSPS) is 20.5. The first-order valence-corrected chi connectivity index (χ1v) is 51.0. The van der Waals surface area contributed by atoms with E-state index in [1.165, 1.54) is 154 Å². The van der Waals surface area contributed by atoms with Crippen LogP contribution in [-0.4, -0.2) is 221 Å². The molecule has 7 aromatic carbocycles. The van der Waals surface area contributed by atoms with Crippen LogP contribution in [0.15, 0.2) is 156 Å². The molecule has 10 aliphatic rings. The number of ether oxygens (including phenoxy) is 11. The van der Waals surface area contributed by atoms with Gasteiger partial charge in [-0.25, -0.2) is 0 Å². The lowest BCUT2D eigenvalue weighted by atomic mass is 10.0. The van der Waals surface area contributed by atoms with Crippen molar-refractivity contribution in [1.82, 2.24) is 24.7 Å². The summed E-state index contributed by atoms with van der Waals surface area (Å²) in [5.41, 5.74) is 25.2. The Balaban J connectivity index is 0.000000139. The lowest BCUT2D eigenvalue weighted by molar-refractivity contribution is -0.138. The summed E-state index contributed by atoms with van der Waals surface area (Å²) in [7, 11) is 8.56. The highest BCUT2D eigenvalue weighted by Crippen LogP contribution is 2.39. The van der Waals surface area contributed by atoms with Crippen LogP contribution in [-0.2, 0) is 65.3 Å². The van der Waals surface area contributed by atoms with Crippen molar-refractivity contribution in [3.63, 3.8) is 0 Å². The van der Waals surface area contributed by atoms with Gasteiger partial charge in [0.25, 0.3) is 0 Å². The van der Waals surface area contributed by atoms with Gasteiger partial charge in [0.15, 0.2) is 17.4 Å². The first kappa shape index (κ1) is 104. The predicted octanol–water partition coefficient (Wildman–Crippen LogP) is 19.4. The average molecular weight is 1930 g/mol. The number of benzene rings is 7. The maximum Gasteiger partial charge on any atom is 0.248 e. The number of aromatic nitrogens is 2. The molecule has 10 saturated heterocycles. The second kappa shape index (κ2) is 51.5. The number of likely N-dealkylation sites (tertiary alicyclic amines) is 1. The molecule has 10 aliphatic heterocycles. The Morgan fingerprint density at radius 2 is 0.721 bits per heavy atom. The van der Waals surface area contributed by atoms with E-state index in [1.54, 1.807) is 41.6 Å². The van der Waals surface area contributed by atoms with Crippen LogP contribution in [0.25, 0.3) is 21.8 Å². The van der Waals surface area contributed by atoms with Gasteiger partial charge in [-0.2, -0.15) is 0 Å². The minimum Gasteiger partial charge on any atom is -0.496 e. The number of rotatable bonds is 24. The largest absolute Gasteiger partial charge is 0.496 e. The molecule has 0 aliphatic carbocycles. The Hall–Kier alpha value is -9.45. The number of anilines is 4. The molecule has 19 rings (SSSR count). The number of carbonyl (C=O) groups is 3. The fraction of sp³-hybridized carbons (Fsp3) is 0.555. The molecule has 3 atom stereocenters. The number of nitrogens with zero attached hydrogens (tertiary/aromatic N) is 7. The van der Waals surface area contributed by atoms with Crippen molar-refractivity contribution >= 4 is 78.6 Å². The number of fused-ring (bicyclic) bond motifs is 2. The summed E-state index contributed by atoms with van der Waals surface area (Å²) in [6.45, 7) is 30.6. The van der Waals surface area contributed by atoms with Gasteiger partial charge in [0.05, 0.1) is 73.7 Å². The molecular weight excluding hydrogens is 1780 g/mol.